The molecule has 4 N–H and O–H groups in total. The number of rotatable bonds is 6. The highest BCUT2D eigenvalue weighted by atomic mass is 35.5. The third-order valence-corrected chi connectivity index (χ3v) is 2.88. The Bertz CT molecular complexity index is 479. The van der Waals surface area contributed by atoms with Gasteiger partial charge in [-0.25, -0.2) is 23.1 Å². The van der Waals surface area contributed by atoms with Gasteiger partial charge in [-0.1, -0.05) is 11.6 Å². The van der Waals surface area contributed by atoms with Crippen molar-refractivity contribution >= 4 is 33.1 Å². The standard InChI is InChI=1S/C8H14ClN5O2S/c1-17(15,16)14-4-2-3-11-8-6(10)7(9)12-5-13-8/h5,14H,2-4,10H2,1H3,(H,11,12,13). The van der Waals surface area contributed by atoms with Crippen molar-refractivity contribution in [3.8, 4) is 0 Å². The highest BCUT2D eigenvalue weighted by Gasteiger charge is 2.05. The van der Waals surface area contributed by atoms with Gasteiger partial charge < -0.3 is 11.1 Å². The number of nitrogens with two attached hydrogens (primary N) is 1. The topological polar surface area (TPSA) is 110 Å². The van der Waals surface area contributed by atoms with Gasteiger partial charge in [0.15, 0.2) is 11.0 Å². The largest absolute Gasteiger partial charge is 0.393 e. The SMILES string of the molecule is CS(=O)(=O)NCCCNc1ncnc(Cl)c1N. The molecule has 0 aliphatic rings. The fourth-order valence-corrected chi connectivity index (χ4v) is 1.72. The molecule has 96 valence electrons. The van der Waals surface area contributed by atoms with E-state index >= 15 is 0 Å². The first-order chi connectivity index (χ1) is 7.90. The molecule has 0 fully saturated rings. The molecule has 1 rings (SSSR count). The van der Waals surface area contributed by atoms with Crippen molar-refractivity contribution in [1.29, 1.82) is 0 Å². The maximum absolute atomic E-state index is 10.8. The zero-order valence-electron chi connectivity index (χ0n) is 9.27. The minimum Gasteiger partial charge on any atom is -0.393 e. The summed E-state index contributed by atoms with van der Waals surface area (Å²) in [7, 11) is -3.13. The van der Waals surface area contributed by atoms with Gasteiger partial charge in [-0.05, 0) is 6.42 Å². The van der Waals surface area contributed by atoms with E-state index in [1.165, 1.54) is 6.33 Å². The van der Waals surface area contributed by atoms with Crippen molar-refractivity contribution in [2.24, 2.45) is 0 Å². The maximum atomic E-state index is 10.8. The number of nitrogens with zero attached hydrogens (tertiary/aromatic N) is 2. The van der Waals surface area contributed by atoms with E-state index in [1.54, 1.807) is 0 Å². The second-order valence-electron chi connectivity index (χ2n) is 3.37. The average molecular weight is 280 g/mol. The van der Waals surface area contributed by atoms with Crippen LogP contribution in [0, 0.1) is 0 Å². The summed E-state index contributed by atoms with van der Waals surface area (Å²) in [4.78, 5) is 7.63. The first kappa shape index (κ1) is 13.9. The normalized spacial score (nSPS) is 11.4. The van der Waals surface area contributed by atoms with E-state index in [9.17, 15) is 8.42 Å². The Hall–Kier alpha value is -1.12. The van der Waals surface area contributed by atoms with Gasteiger partial charge in [-0.15, -0.1) is 0 Å². The average Bonchev–Trinajstić information content (AvgIpc) is 2.22. The number of sulfonamides is 1. The third-order valence-electron chi connectivity index (χ3n) is 1.85. The van der Waals surface area contributed by atoms with Gasteiger partial charge in [-0.3, -0.25) is 0 Å². The second-order valence-corrected chi connectivity index (χ2v) is 5.56. The van der Waals surface area contributed by atoms with Gasteiger partial charge in [0.2, 0.25) is 10.0 Å². The highest BCUT2D eigenvalue weighted by Crippen LogP contribution is 2.21. The van der Waals surface area contributed by atoms with E-state index < -0.39 is 10.0 Å². The molecule has 0 radical (unpaired) electrons. The fourth-order valence-electron chi connectivity index (χ4n) is 1.07. The molecule has 7 nitrogen and oxygen atoms in total. The summed E-state index contributed by atoms with van der Waals surface area (Å²) in [6.45, 7) is 0.880. The minimum absolute atomic E-state index is 0.191. The number of nitrogen functional groups attached to an aromatic ring is 1. The van der Waals surface area contributed by atoms with Crippen molar-refractivity contribution in [1.82, 2.24) is 14.7 Å². The first-order valence-corrected chi connectivity index (χ1v) is 7.11. The molecule has 17 heavy (non-hydrogen) atoms. The summed E-state index contributed by atoms with van der Waals surface area (Å²) in [5.74, 6) is 0.448. The highest BCUT2D eigenvalue weighted by molar-refractivity contribution is 7.88. The van der Waals surface area contributed by atoms with Crippen LogP contribution in [-0.2, 0) is 10.0 Å². The van der Waals surface area contributed by atoms with Gasteiger partial charge in [0.1, 0.15) is 12.0 Å². The Labute approximate surface area is 105 Å². The molecular formula is C8H14ClN5O2S. The van der Waals surface area contributed by atoms with Crippen molar-refractivity contribution in [3.63, 3.8) is 0 Å². The summed E-state index contributed by atoms with van der Waals surface area (Å²) in [6.07, 6.45) is 3.02. The number of aromatic nitrogens is 2. The fraction of sp³-hybridized carbons (Fsp3) is 0.500. The van der Waals surface area contributed by atoms with Crippen LogP contribution in [0.15, 0.2) is 6.33 Å². The van der Waals surface area contributed by atoms with Crippen LogP contribution in [0.2, 0.25) is 5.15 Å². The molecular weight excluding hydrogens is 266 g/mol. The minimum atomic E-state index is -3.13. The van der Waals surface area contributed by atoms with Crippen LogP contribution in [0.3, 0.4) is 0 Å². The zero-order valence-corrected chi connectivity index (χ0v) is 10.8. The first-order valence-electron chi connectivity index (χ1n) is 4.84. The number of anilines is 2. The molecule has 0 saturated carbocycles. The van der Waals surface area contributed by atoms with Gasteiger partial charge in [0.25, 0.3) is 0 Å². The Morgan fingerprint density at radius 1 is 1.41 bits per heavy atom. The Morgan fingerprint density at radius 3 is 2.76 bits per heavy atom. The van der Waals surface area contributed by atoms with E-state index in [4.69, 9.17) is 17.3 Å². The van der Waals surface area contributed by atoms with Crippen molar-refractivity contribution in [2.75, 3.05) is 30.4 Å². The number of hydrogen-bond donors (Lipinski definition) is 3. The molecule has 0 saturated heterocycles. The second kappa shape index (κ2) is 5.99. The van der Waals surface area contributed by atoms with E-state index in [2.05, 4.69) is 20.0 Å². The Balaban J connectivity index is 2.34. The molecule has 0 unspecified atom stereocenters. The summed E-state index contributed by atoms with van der Waals surface area (Å²) in [5.41, 5.74) is 5.92. The lowest BCUT2D eigenvalue weighted by molar-refractivity contribution is 0.586. The number of hydrogen-bond acceptors (Lipinski definition) is 6. The molecule has 0 aliphatic carbocycles. The van der Waals surface area contributed by atoms with Gasteiger partial charge >= 0.3 is 0 Å². The van der Waals surface area contributed by atoms with Crippen LogP contribution >= 0.6 is 11.6 Å². The quantitative estimate of drug-likeness (QED) is 0.502. The lowest BCUT2D eigenvalue weighted by Crippen LogP contribution is -2.24. The van der Waals surface area contributed by atoms with E-state index in [1.807, 2.05) is 0 Å². The summed E-state index contributed by atoms with van der Waals surface area (Å²) >= 11 is 5.71. The molecule has 9 heteroatoms. The molecule has 1 aromatic rings. The van der Waals surface area contributed by atoms with E-state index in [-0.39, 0.29) is 10.8 Å². The van der Waals surface area contributed by atoms with Gasteiger partial charge in [-0.2, -0.15) is 0 Å². The summed E-state index contributed by atoms with van der Waals surface area (Å²) in [6, 6.07) is 0. The lowest BCUT2D eigenvalue weighted by atomic mass is 10.4. The zero-order chi connectivity index (χ0) is 12.9. The van der Waals surface area contributed by atoms with Crippen molar-refractivity contribution in [3.05, 3.63) is 11.5 Å². The predicted molar refractivity (Wildman–Crippen MR) is 67.4 cm³/mol. The molecule has 0 spiro atoms. The van der Waals surface area contributed by atoms with Crippen LogP contribution in [-0.4, -0.2) is 37.7 Å². The van der Waals surface area contributed by atoms with Crippen molar-refractivity contribution < 1.29 is 8.42 Å². The number of halogens is 1. The van der Waals surface area contributed by atoms with Crippen LogP contribution < -0.4 is 15.8 Å². The van der Waals surface area contributed by atoms with Gasteiger partial charge in [0, 0.05) is 13.1 Å². The van der Waals surface area contributed by atoms with Gasteiger partial charge in [0.05, 0.1) is 6.26 Å². The van der Waals surface area contributed by atoms with Crippen LogP contribution in [0.5, 0.6) is 0 Å². The summed E-state index contributed by atoms with van der Waals surface area (Å²) in [5, 5.41) is 3.14. The summed E-state index contributed by atoms with van der Waals surface area (Å²) < 4.78 is 23.9. The molecule has 1 aromatic heterocycles. The molecule has 1 heterocycles. The number of nitrogens with one attached hydrogen (secondary N) is 2. The van der Waals surface area contributed by atoms with E-state index in [0.717, 1.165) is 6.26 Å². The predicted octanol–water partition coefficient (Wildman–Crippen LogP) is 0.0634. The molecule has 0 bridgehead atoms. The molecule has 0 atom stereocenters. The maximum Gasteiger partial charge on any atom is 0.208 e. The molecule has 0 aliphatic heterocycles. The van der Waals surface area contributed by atoms with Crippen LogP contribution in [0.25, 0.3) is 0 Å². The Morgan fingerprint density at radius 2 is 2.12 bits per heavy atom. The third kappa shape index (κ3) is 5.16. The lowest BCUT2D eigenvalue weighted by Gasteiger charge is -2.08. The monoisotopic (exact) mass is 279 g/mol. The van der Waals surface area contributed by atoms with Crippen molar-refractivity contribution in [2.45, 2.75) is 6.42 Å². The smallest absolute Gasteiger partial charge is 0.208 e. The van der Waals surface area contributed by atoms with E-state index in [0.29, 0.717) is 25.3 Å². The van der Waals surface area contributed by atoms with Crippen LogP contribution in [0.4, 0.5) is 11.5 Å². The Kier molecular flexibility index (Phi) is 4.91. The molecule has 0 amide bonds. The molecule has 0 aromatic carbocycles. The van der Waals surface area contributed by atoms with Crippen LogP contribution in [0.1, 0.15) is 6.42 Å².